The van der Waals surface area contributed by atoms with Crippen LogP contribution >= 0.6 is 0 Å². The van der Waals surface area contributed by atoms with Crippen LogP contribution in [0.3, 0.4) is 0 Å². The lowest BCUT2D eigenvalue weighted by Crippen LogP contribution is -2.40. The highest BCUT2D eigenvalue weighted by molar-refractivity contribution is 5.80. The number of guanidine groups is 1. The van der Waals surface area contributed by atoms with Gasteiger partial charge >= 0.3 is 0 Å². The molecule has 0 aliphatic carbocycles. The molecule has 4 nitrogen and oxygen atoms in total. The van der Waals surface area contributed by atoms with Crippen LogP contribution in [-0.4, -0.2) is 42.0 Å². The summed E-state index contributed by atoms with van der Waals surface area (Å²) in [5.41, 5.74) is 2.54. The van der Waals surface area contributed by atoms with E-state index in [2.05, 4.69) is 58.5 Å². The van der Waals surface area contributed by atoms with E-state index in [1.54, 1.807) is 0 Å². The zero-order valence-corrected chi connectivity index (χ0v) is 15.1. The van der Waals surface area contributed by atoms with Crippen LogP contribution in [0.15, 0.2) is 59.7 Å². The molecule has 4 heteroatoms. The Morgan fingerprint density at radius 2 is 2.04 bits per heavy atom. The van der Waals surface area contributed by atoms with E-state index in [0.29, 0.717) is 5.92 Å². The number of likely N-dealkylation sites (tertiary alicyclic amines) is 1. The average Bonchev–Trinajstić information content (AvgIpc) is 3.11. The van der Waals surface area contributed by atoms with Crippen molar-refractivity contribution in [2.75, 3.05) is 26.2 Å². The lowest BCUT2D eigenvalue weighted by molar-refractivity contribution is 0.460. The van der Waals surface area contributed by atoms with Gasteiger partial charge in [0, 0.05) is 44.5 Å². The van der Waals surface area contributed by atoms with Crippen LogP contribution in [0.1, 0.15) is 24.6 Å². The van der Waals surface area contributed by atoms with Gasteiger partial charge in [0.1, 0.15) is 0 Å². The van der Waals surface area contributed by atoms with Gasteiger partial charge in [-0.3, -0.25) is 9.98 Å². The fourth-order valence-electron chi connectivity index (χ4n) is 3.39. The highest BCUT2D eigenvalue weighted by Gasteiger charge is 2.24. The minimum Gasteiger partial charge on any atom is -0.357 e. The maximum absolute atomic E-state index is 4.82. The monoisotopic (exact) mass is 336 g/mol. The summed E-state index contributed by atoms with van der Waals surface area (Å²) in [6.07, 6.45) is 5.13. The van der Waals surface area contributed by atoms with Crippen molar-refractivity contribution in [3.63, 3.8) is 0 Å². The zero-order chi connectivity index (χ0) is 17.3. The normalized spacial score (nSPS) is 17.7. The number of benzene rings is 1. The molecule has 1 fully saturated rings. The smallest absolute Gasteiger partial charge is 0.193 e. The topological polar surface area (TPSA) is 40.5 Å². The van der Waals surface area contributed by atoms with E-state index in [4.69, 9.17) is 4.99 Å². The van der Waals surface area contributed by atoms with Gasteiger partial charge in [-0.05, 0) is 43.4 Å². The molecule has 0 bridgehead atoms. The number of nitrogens with one attached hydrogen (secondary N) is 1. The molecule has 1 aliphatic rings. The molecule has 1 atom stereocenters. The Labute approximate surface area is 151 Å². The molecule has 1 N–H and O–H groups in total. The largest absolute Gasteiger partial charge is 0.357 e. The second-order valence-corrected chi connectivity index (χ2v) is 6.60. The summed E-state index contributed by atoms with van der Waals surface area (Å²) in [5, 5.41) is 3.45. The maximum Gasteiger partial charge on any atom is 0.193 e. The van der Waals surface area contributed by atoms with E-state index >= 15 is 0 Å². The first-order valence-corrected chi connectivity index (χ1v) is 9.32. The van der Waals surface area contributed by atoms with Crippen molar-refractivity contribution in [3.05, 3.63) is 66.0 Å². The summed E-state index contributed by atoms with van der Waals surface area (Å²) in [6, 6.07) is 16.9. The predicted octanol–water partition coefficient (Wildman–Crippen LogP) is 3.15. The highest BCUT2D eigenvalue weighted by Crippen LogP contribution is 2.20. The Morgan fingerprint density at radius 3 is 2.80 bits per heavy atom. The van der Waals surface area contributed by atoms with Gasteiger partial charge in [-0.25, -0.2) is 0 Å². The second kappa shape index (κ2) is 9.21. The van der Waals surface area contributed by atoms with Crippen molar-refractivity contribution in [3.8, 4) is 0 Å². The molecule has 0 saturated carbocycles. The number of rotatable bonds is 6. The van der Waals surface area contributed by atoms with Crippen LogP contribution in [0.5, 0.6) is 0 Å². The number of hydrogen-bond donors (Lipinski definition) is 1. The van der Waals surface area contributed by atoms with Gasteiger partial charge in [0.25, 0.3) is 0 Å². The maximum atomic E-state index is 4.82. The SMILES string of the molecule is CCNC(=NCCc1ccccn1)N1CCC(Cc2ccccc2)C1. The quantitative estimate of drug-likeness (QED) is 0.651. The molecule has 0 spiro atoms. The molecule has 1 unspecified atom stereocenters. The number of hydrogen-bond acceptors (Lipinski definition) is 2. The van der Waals surface area contributed by atoms with Crippen LogP contribution in [0, 0.1) is 5.92 Å². The van der Waals surface area contributed by atoms with Gasteiger partial charge in [0.05, 0.1) is 0 Å². The summed E-state index contributed by atoms with van der Waals surface area (Å²) in [6.45, 7) is 5.99. The predicted molar refractivity (Wildman–Crippen MR) is 104 cm³/mol. The van der Waals surface area contributed by atoms with E-state index in [-0.39, 0.29) is 0 Å². The standard InChI is InChI=1S/C21H28N4/c1-2-22-21(24-14-11-20-10-6-7-13-23-20)25-15-12-19(17-25)16-18-8-4-3-5-9-18/h3-10,13,19H,2,11-12,14-17H2,1H3,(H,22,24). The molecule has 2 heterocycles. The van der Waals surface area contributed by atoms with Crippen LogP contribution in [0.25, 0.3) is 0 Å². The Morgan fingerprint density at radius 1 is 1.20 bits per heavy atom. The molecule has 0 amide bonds. The lowest BCUT2D eigenvalue weighted by atomic mass is 9.99. The Balaban J connectivity index is 1.54. The number of aromatic nitrogens is 1. The molecule has 1 aliphatic heterocycles. The summed E-state index contributed by atoms with van der Waals surface area (Å²) < 4.78 is 0. The van der Waals surface area contributed by atoms with Crippen molar-refractivity contribution in [2.45, 2.75) is 26.2 Å². The van der Waals surface area contributed by atoms with Crippen molar-refractivity contribution in [1.29, 1.82) is 0 Å². The number of nitrogens with zero attached hydrogens (tertiary/aromatic N) is 3. The summed E-state index contributed by atoms with van der Waals surface area (Å²) >= 11 is 0. The Hall–Kier alpha value is -2.36. The van der Waals surface area contributed by atoms with Crippen molar-refractivity contribution < 1.29 is 0 Å². The molecular weight excluding hydrogens is 308 g/mol. The molecule has 1 saturated heterocycles. The first-order chi connectivity index (χ1) is 12.3. The van der Waals surface area contributed by atoms with E-state index in [9.17, 15) is 0 Å². The van der Waals surface area contributed by atoms with Gasteiger partial charge in [-0.1, -0.05) is 36.4 Å². The van der Waals surface area contributed by atoms with E-state index in [1.165, 1.54) is 12.0 Å². The van der Waals surface area contributed by atoms with Crippen LogP contribution in [0.4, 0.5) is 0 Å². The third-order valence-corrected chi connectivity index (χ3v) is 4.64. The van der Waals surface area contributed by atoms with Gasteiger partial charge < -0.3 is 10.2 Å². The zero-order valence-electron chi connectivity index (χ0n) is 15.1. The minimum absolute atomic E-state index is 0.710. The molecule has 25 heavy (non-hydrogen) atoms. The molecule has 1 aromatic carbocycles. The summed E-state index contributed by atoms with van der Waals surface area (Å²) in [7, 11) is 0. The van der Waals surface area contributed by atoms with Crippen molar-refractivity contribution in [1.82, 2.24) is 15.2 Å². The number of pyridine rings is 1. The third-order valence-electron chi connectivity index (χ3n) is 4.64. The van der Waals surface area contributed by atoms with Crippen LogP contribution in [0.2, 0.25) is 0 Å². The minimum atomic E-state index is 0.710. The summed E-state index contributed by atoms with van der Waals surface area (Å²) in [4.78, 5) is 11.6. The molecule has 0 radical (unpaired) electrons. The van der Waals surface area contributed by atoms with Crippen LogP contribution in [-0.2, 0) is 12.8 Å². The average molecular weight is 336 g/mol. The summed E-state index contributed by atoms with van der Waals surface area (Å²) in [5.74, 6) is 1.76. The lowest BCUT2D eigenvalue weighted by Gasteiger charge is -2.21. The van der Waals surface area contributed by atoms with E-state index in [1.807, 2.05) is 18.3 Å². The second-order valence-electron chi connectivity index (χ2n) is 6.60. The number of aliphatic imine (C=N–C) groups is 1. The van der Waals surface area contributed by atoms with Gasteiger partial charge in [0.2, 0.25) is 0 Å². The Kier molecular flexibility index (Phi) is 6.43. The molecular formula is C21H28N4. The van der Waals surface area contributed by atoms with E-state index < -0.39 is 0 Å². The highest BCUT2D eigenvalue weighted by atomic mass is 15.3. The fraction of sp³-hybridized carbons (Fsp3) is 0.429. The van der Waals surface area contributed by atoms with Crippen LogP contribution < -0.4 is 5.32 Å². The molecule has 3 rings (SSSR count). The van der Waals surface area contributed by atoms with Gasteiger partial charge in [-0.2, -0.15) is 0 Å². The van der Waals surface area contributed by atoms with E-state index in [0.717, 1.165) is 50.7 Å². The third kappa shape index (κ3) is 5.31. The van der Waals surface area contributed by atoms with Crippen molar-refractivity contribution >= 4 is 5.96 Å². The first kappa shape index (κ1) is 17.5. The van der Waals surface area contributed by atoms with Crippen molar-refractivity contribution in [2.24, 2.45) is 10.9 Å². The van der Waals surface area contributed by atoms with Gasteiger partial charge in [0.15, 0.2) is 5.96 Å². The Bertz CT molecular complexity index is 654. The molecule has 1 aromatic heterocycles. The van der Waals surface area contributed by atoms with Gasteiger partial charge in [-0.15, -0.1) is 0 Å². The fourth-order valence-corrected chi connectivity index (χ4v) is 3.39. The molecule has 2 aromatic rings. The molecule has 132 valence electrons. The first-order valence-electron chi connectivity index (χ1n) is 9.32.